The second-order valence-corrected chi connectivity index (χ2v) is 4.00. The number of aromatic nitrogens is 1. The van der Waals surface area contributed by atoms with E-state index in [2.05, 4.69) is 29.1 Å². The summed E-state index contributed by atoms with van der Waals surface area (Å²) in [4.78, 5) is 11.7. The second kappa shape index (κ2) is 3.58. The van der Waals surface area contributed by atoms with Gasteiger partial charge in [0.15, 0.2) is 0 Å². The Kier molecular flexibility index (Phi) is 2.42. The van der Waals surface area contributed by atoms with E-state index in [1.807, 2.05) is 7.05 Å². The lowest BCUT2D eigenvalue weighted by molar-refractivity contribution is -0.121. The first kappa shape index (κ1) is 9.46. The number of aryl methyl sites for hydroxylation is 2. The van der Waals surface area contributed by atoms with E-state index < -0.39 is 0 Å². The Labute approximate surface area is 84.1 Å². The molecule has 0 bridgehead atoms. The van der Waals surface area contributed by atoms with Crippen molar-refractivity contribution in [2.24, 2.45) is 7.05 Å². The largest absolute Gasteiger partial charge is 0.354 e. The van der Waals surface area contributed by atoms with Gasteiger partial charge in [0.2, 0.25) is 0 Å². The standard InChI is InChI=1S/C11H16N2O/c1-8-5-9(7-13(8)2)10-6-12-4-3-11(10)14/h5,7,10,12H,3-4,6H2,1-2H3. The molecule has 0 spiro atoms. The van der Waals surface area contributed by atoms with Crippen molar-refractivity contribution in [1.29, 1.82) is 0 Å². The summed E-state index contributed by atoms with van der Waals surface area (Å²) in [5.41, 5.74) is 2.36. The summed E-state index contributed by atoms with van der Waals surface area (Å²) in [5.74, 6) is 0.443. The SMILES string of the molecule is Cc1cc(C2CNCCC2=O)cn1C. The Morgan fingerprint density at radius 1 is 1.57 bits per heavy atom. The topological polar surface area (TPSA) is 34.0 Å². The van der Waals surface area contributed by atoms with Crippen LogP contribution in [0, 0.1) is 6.92 Å². The van der Waals surface area contributed by atoms with E-state index in [0.29, 0.717) is 12.2 Å². The fourth-order valence-corrected chi connectivity index (χ4v) is 1.95. The lowest BCUT2D eigenvalue weighted by Crippen LogP contribution is -2.35. The molecular weight excluding hydrogens is 176 g/mol. The number of ketones is 1. The predicted octanol–water partition coefficient (Wildman–Crippen LogP) is 0.980. The molecule has 1 aromatic heterocycles. The van der Waals surface area contributed by atoms with E-state index >= 15 is 0 Å². The number of hydrogen-bond acceptors (Lipinski definition) is 2. The number of carbonyl (C=O) groups is 1. The summed E-state index contributed by atoms with van der Waals surface area (Å²) < 4.78 is 2.07. The minimum Gasteiger partial charge on any atom is -0.354 e. The van der Waals surface area contributed by atoms with Gasteiger partial charge in [-0.25, -0.2) is 0 Å². The summed E-state index contributed by atoms with van der Waals surface area (Å²) in [7, 11) is 2.01. The lowest BCUT2D eigenvalue weighted by atomic mass is 9.92. The van der Waals surface area contributed by atoms with Gasteiger partial charge in [-0.05, 0) is 18.6 Å². The average molecular weight is 192 g/mol. The predicted molar refractivity (Wildman–Crippen MR) is 55.4 cm³/mol. The number of nitrogens with zero attached hydrogens (tertiary/aromatic N) is 1. The number of nitrogens with one attached hydrogen (secondary N) is 1. The first-order valence-corrected chi connectivity index (χ1v) is 5.05. The molecule has 0 radical (unpaired) electrons. The molecule has 1 unspecified atom stereocenters. The van der Waals surface area contributed by atoms with Gasteiger partial charge >= 0.3 is 0 Å². The van der Waals surface area contributed by atoms with Crippen LogP contribution in [-0.2, 0) is 11.8 Å². The molecule has 2 rings (SSSR count). The van der Waals surface area contributed by atoms with Crippen LogP contribution in [0.2, 0.25) is 0 Å². The van der Waals surface area contributed by atoms with Crippen LogP contribution in [0.15, 0.2) is 12.3 Å². The zero-order valence-electron chi connectivity index (χ0n) is 8.71. The highest BCUT2D eigenvalue weighted by Crippen LogP contribution is 2.21. The monoisotopic (exact) mass is 192 g/mol. The van der Waals surface area contributed by atoms with Crippen molar-refractivity contribution in [1.82, 2.24) is 9.88 Å². The highest BCUT2D eigenvalue weighted by Gasteiger charge is 2.24. The van der Waals surface area contributed by atoms with Gasteiger partial charge in [-0.15, -0.1) is 0 Å². The minimum atomic E-state index is 0.0728. The van der Waals surface area contributed by atoms with Gasteiger partial charge in [-0.2, -0.15) is 0 Å². The van der Waals surface area contributed by atoms with E-state index in [1.165, 1.54) is 5.69 Å². The van der Waals surface area contributed by atoms with Gasteiger partial charge in [0.25, 0.3) is 0 Å². The van der Waals surface area contributed by atoms with Gasteiger partial charge in [-0.1, -0.05) is 0 Å². The average Bonchev–Trinajstić information content (AvgIpc) is 2.48. The maximum atomic E-state index is 11.7. The van der Waals surface area contributed by atoms with E-state index in [9.17, 15) is 4.79 Å². The summed E-state index contributed by atoms with van der Waals surface area (Å²) >= 11 is 0. The molecule has 1 aliphatic rings. The van der Waals surface area contributed by atoms with E-state index in [4.69, 9.17) is 0 Å². The molecule has 1 aromatic rings. The van der Waals surface area contributed by atoms with Crippen LogP contribution >= 0.6 is 0 Å². The van der Waals surface area contributed by atoms with E-state index in [0.717, 1.165) is 18.7 Å². The molecule has 0 saturated carbocycles. The third-order valence-electron chi connectivity index (χ3n) is 2.96. The quantitative estimate of drug-likeness (QED) is 0.719. The van der Waals surface area contributed by atoms with Crippen molar-refractivity contribution in [3.63, 3.8) is 0 Å². The van der Waals surface area contributed by atoms with Gasteiger partial charge in [0.1, 0.15) is 5.78 Å². The minimum absolute atomic E-state index is 0.0728. The molecule has 14 heavy (non-hydrogen) atoms. The normalized spacial score (nSPS) is 22.7. The summed E-state index contributed by atoms with van der Waals surface area (Å²) in [6.45, 7) is 3.69. The molecule has 1 N–H and O–H groups in total. The van der Waals surface area contributed by atoms with Gasteiger partial charge in [0.05, 0.1) is 5.92 Å². The lowest BCUT2D eigenvalue weighted by Gasteiger charge is -2.20. The maximum absolute atomic E-state index is 11.7. The molecule has 0 aliphatic carbocycles. The zero-order valence-corrected chi connectivity index (χ0v) is 8.71. The maximum Gasteiger partial charge on any atom is 0.142 e. The van der Waals surface area contributed by atoms with Gasteiger partial charge < -0.3 is 9.88 Å². The van der Waals surface area contributed by atoms with Crippen molar-refractivity contribution in [2.45, 2.75) is 19.3 Å². The molecular formula is C11H16N2O. The number of hydrogen-bond donors (Lipinski definition) is 1. The van der Waals surface area contributed by atoms with Crippen molar-refractivity contribution in [2.75, 3.05) is 13.1 Å². The summed E-state index contributed by atoms with van der Waals surface area (Å²) in [6, 6.07) is 2.11. The Balaban J connectivity index is 2.24. The highest BCUT2D eigenvalue weighted by atomic mass is 16.1. The molecule has 2 heterocycles. The van der Waals surface area contributed by atoms with Crippen molar-refractivity contribution < 1.29 is 4.79 Å². The van der Waals surface area contributed by atoms with Crippen LogP contribution < -0.4 is 5.32 Å². The Morgan fingerprint density at radius 2 is 2.36 bits per heavy atom. The molecule has 1 fully saturated rings. The molecule has 1 saturated heterocycles. The third kappa shape index (κ3) is 1.60. The van der Waals surface area contributed by atoms with Crippen LogP contribution in [-0.4, -0.2) is 23.4 Å². The summed E-state index contributed by atoms with van der Waals surface area (Å²) in [5, 5.41) is 3.26. The van der Waals surface area contributed by atoms with Crippen LogP contribution in [0.3, 0.4) is 0 Å². The molecule has 1 aliphatic heterocycles. The van der Waals surface area contributed by atoms with E-state index in [-0.39, 0.29) is 5.92 Å². The molecule has 0 aromatic carbocycles. The first-order valence-electron chi connectivity index (χ1n) is 5.05. The third-order valence-corrected chi connectivity index (χ3v) is 2.96. The number of piperidine rings is 1. The van der Waals surface area contributed by atoms with Crippen molar-refractivity contribution >= 4 is 5.78 Å². The number of Topliss-reactive ketones (excluding diaryl/α,β-unsaturated/α-hetero) is 1. The van der Waals surface area contributed by atoms with Crippen LogP contribution in [0.5, 0.6) is 0 Å². The number of rotatable bonds is 1. The summed E-state index contributed by atoms with van der Waals surface area (Å²) in [6.07, 6.45) is 2.73. The van der Waals surface area contributed by atoms with Gasteiger partial charge in [-0.3, -0.25) is 4.79 Å². The molecule has 76 valence electrons. The Morgan fingerprint density at radius 3 is 2.93 bits per heavy atom. The Hall–Kier alpha value is -1.09. The number of carbonyl (C=O) groups excluding carboxylic acids is 1. The van der Waals surface area contributed by atoms with Crippen LogP contribution in [0.25, 0.3) is 0 Å². The Bertz CT molecular complexity index is 335. The second-order valence-electron chi connectivity index (χ2n) is 4.00. The van der Waals surface area contributed by atoms with Crippen LogP contribution in [0.4, 0.5) is 0 Å². The fourth-order valence-electron chi connectivity index (χ4n) is 1.95. The zero-order chi connectivity index (χ0) is 10.1. The molecule has 0 amide bonds. The van der Waals surface area contributed by atoms with Crippen molar-refractivity contribution in [3.8, 4) is 0 Å². The molecule has 3 nitrogen and oxygen atoms in total. The fraction of sp³-hybridized carbons (Fsp3) is 0.545. The smallest absolute Gasteiger partial charge is 0.142 e. The first-order chi connectivity index (χ1) is 6.68. The van der Waals surface area contributed by atoms with Crippen molar-refractivity contribution in [3.05, 3.63) is 23.5 Å². The van der Waals surface area contributed by atoms with E-state index in [1.54, 1.807) is 0 Å². The molecule has 1 atom stereocenters. The van der Waals surface area contributed by atoms with Gasteiger partial charge in [0, 0.05) is 38.4 Å². The highest BCUT2D eigenvalue weighted by molar-refractivity contribution is 5.86. The molecule has 3 heteroatoms. The van der Waals surface area contributed by atoms with Crippen LogP contribution in [0.1, 0.15) is 23.6 Å².